The molecule has 19 heavy (non-hydrogen) atoms. The molecule has 0 spiro atoms. The van der Waals surface area contributed by atoms with Crippen molar-refractivity contribution in [1.82, 2.24) is 5.32 Å². The summed E-state index contributed by atoms with van der Waals surface area (Å²) < 4.78 is 5.44. The molecule has 0 heterocycles. The molecule has 1 aromatic carbocycles. The van der Waals surface area contributed by atoms with Crippen LogP contribution in [0.4, 0.5) is 0 Å². The van der Waals surface area contributed by atoms with Crippen LogP contribution in [-0.2, 0) is 4.79 Å². The van der Waals surface area contributed by atoms with Gasteiger partial charge in [0.2, 0.25) is 0 Å². The van der Waals surface area contributed by atoms with Gasteiger partial charge in [-0.3, -0.25) is 4.79 Å². The third-order valence-corrected chi connectivity index (χ3v) is 3.30. The molecule has 0 unspecified atom stereocenters. The fourth-order valence-electron chi connectivity index (χ4n) is 1.75. The summed E-state index contributed by atoms with van der Waals surface area (Å²) in [6, 6.07) is 4.98. The average Bonchev–Trinajstić information content (AvgIpc) is 3.18. The third-order valence-electron chi connectivity index (χ3n) is 3.07. The van der Waals surface area contributed by atoms with Gasteiger partial charge in [-0.05, 0) is 43.9 Å². The molecule has 0 radical (unpaired) electrons. The van der Waals surface area contributed by atoms with Crippen molar-refractivity contribution in [2.75, 3.05) is 13.2 Å². The summed E-state index contributed by atoms with van der Waals surface area (Å²) in [7, 11) is 0. The normalized spacial score (nSPS) is 15.9. The first-order valence-electron chi connectivity index (χ1n) is 6.43. The van der Waals surface area contributed by atoms with Crippen LogP contribution >= 0.6 is 11.6 Å². The Morgan fingerprint density at radius 2 is 2.32 bits per heavy atom. The highest BCUT2D eigenvalue weighted by atomic mass is 35.5. The maximum atomic E-state index is 11.6. The van der Waals surface area contributed by atoms with E-state index in [9.17, 15) is 9.90 Å². The first-order valence-corrected chi connectivity index (χ1v) is 6.81. The first kappa shape index (κ1) is 14.2. The van der Waals surface area contributed by atoms with Crippen LogP contribution in [0, 0.1) is 5.92 Å². The number of carbonyl (C=O) groups excluding carboxylic acids is 1. The number of ether oxygens (including phenoxy) is 1. The Morgan fingerprint density at radius 1 is 1.58 bits per heavy atom. The number of nitrogens with one attached hydrogen (secondary N) is 1. The monoisotopic (exact) mass is 283 g/mol. The molecule has 0 aromatic heterocycles. The lowest BCUT2D eigenvalue weighted by Crippen LogP contribution is -2.30. The highest BCUT2D eigenvalue weighted by molar-refractivity contribution is 6.30. The van der Waals surface area contributed by atoms with Crippen LogP contribution in [0.3, 0.4) is 0 Å². The van der Waals surface area contributed by atoms with E-state index in [1.54, 1.807) is 25.1 Å². The zero-order valence-electron chi connectivity index (χ0n) is 10.9. The zero-order chi connectivity index (χ0) is 13.8. The Balaban J connectivity index is 1.88. The Hall–Kier alpha value is -1.26. The molecule has 0 bridgehead atoms. The van der Waals surface area contributed by atoms with Crippen LogP contribution in [0.2, 0.25) is 5.02 Å². The third kappa shape index (κ3) is 4.40. The van der Waals surface area contributed by atoms with E-state index in [-0.39, 0.29) is 12.5 Å². The van der Waals surface area contributed by atoms with Gasteiger partial charge in [-0.25, -0.2) is 0 Å². The summed E-state index contributed by atoms with van der Waals surface area (Å²) >= 11 is 5.87. The molecular formula is C14H18ClNO3. The molecule has 104 valence electrons. The molecule has 1 aliphatic carbocycles. The van der Waals surface area contributed by atoms with Crippen molar-refractivity contribution in [3.05, 3.63) is 28.8 Å². The molecule has 2 rings (SSSR count). The van der Waals surface area contributed by atoms with Gasteiger partial charge in [0.15, 0.2) is 6.61 Å². The van der Waals surface area contributed by atoms with Gasteiger partial charge in [-0.1, -0.05) is 11.6 Å². The van der Waals surface area contributed by atoms with Gasteiger partial charge in [0, 0.05) is 17.1 Å². The second-order valence-electron chi connectivity index (χ2n) is 4.89. The largest absolute Gasteiger partial charge is 0.483 e. The number of halogens is 1. The number of carbonyl (C=O) groups is 1. The van der Waals surface area contributed by atoms with E-state index in [0.29, 0.717) is 22.3 Å². The standard InChI is InChI=1S/C14H18ClNO3/c1-9(17)12-6-11(15)4-5-13(12)19-8-14(18)16-7-10-2-3-10/h4-6,9-10,17H,2-3,7-8H2,1H3,(H,16,18)/t9-/m0/s1. The van der Waals surface area contributed by atoms with Crippen LogP contribution in [0.25, 0.3) is 0 Å². The lowest BCUT2D eigenvalue weighted by Gasteiger charge is -2.13. The molecule has 1 amide bonds. The molecule has 2 N–H and O–H groups in total. The van der Waals surface area contributed by atoms with Crippen molar-refractivity contribution in [2.45, 2.75) is 25.9 Å². The van der Waals surface area contributed by atoms with E-state index in [1.807, 2.05) is 0 Å². The summed E-state index contributed by atoms with van der Waals surface area (Å²) in [4.78, 5) is 11.6. The summed E-state index contributed by atoms with van der Waals surface area (Å²) in [5, 5.41) is 13.0. The van der Waals surface area contributed by atoms with Gasteiger partial charge < -0.3 is 15.2 Å². The number of aliphatic hydroxyl groups excluding tert-OH is 1. The van der Waals surface area contributed by atoms with Crippen LogP contribution in [0.15, 0.2) is 18.2 Å². The van der Waals surface area contributed by atoms with Gasteiger partial charge in [0.1, 0.15) is 5.75 Å². The number of rotatable bonds is 6. The lowest BCUT2D eigenvalue weighted by molar-refractivity contribution is -0.123. The van der Waals surface area contributed by atoms with Crippen molar-refractivity contribution in [3.63, 3.8) is 0 Å². The number of hydrogen-bond acceptors (Lipinski definition) is 3. The van der Waals surface area contributed by atoms with Gasteiger partial charge in [-0.2, -0.15) is 0 Å². The molecular weight excluding hydrogens is 266 g/mol. The summed E-state index contributed by atoms with van der Waals surface area (Å²) in [5.41, 5.74) is 0.586. The van der Waals surface area contributed by atoms with E-state index in [2.05, 4.69) is 5.32 Å². The van der Waals surface area contributed by atoms with E-state index >= 15 is 0 Å². The quantitative estimate of drug-likeness (QED) is 0.842. The minimum atomic E-state index is -0.691. The van der Waals surface area contributed by atoms with Crippen molar-refractivity contribution >= 4 is 17.5 Å². The maximum absolute atomic E-state index is 11.6. The molecule has 0 aliphatic heterocycles. The second kappa shape index (κ2) is 6.26. The van der Waals surface area contributed by atoms with E-state index in [0.717, 1.165) is 6.54 Å². The average molecular weight is 284 g/mol. The summed E-state index contributed by atoms with van der Waals surface area (Å²) in [6.07, 6.45) is 1.71. The Morgan fingerprint density at radius 3 is 2.95 bits per heavy atom. The number of amides is 1. The highest BCUT2D eigenvalue weighted by Crippen LogP contribution is 2.28. The van der Waals surface area contributed by atoms with Crippen LogP contribution < -0.4 is 10.1 Å². The lowest BCUT2D eigenvalue weighted by atomic mass is 10.1. The summed E-state index contributed by atoms with van der Waals surface area (Å²) in [6.45, 7) is 2.31. The fourth-order valence-corrected chi connectivity index (χ4v) is 1.93. The molecule has 1 fully saturated rings. The van der Waals surface area contributed by atoms with Crippen molar-refractivity contribution in [1.29, 1.82) is 0 Å². The predicted octanol–water partition coefficient (Wildman–Crippen LogP) is 2.30. The number of hydrogen-bond donors (Lipinski definition) is 2. The molecule has 4 nitrogen and oxygen atoms in total. The molecule has 1 saturated carbocycles. The number of aliphatic hydroxyl groups is 1. The van der Waals surface area contributed by atoms with E-state index in [4.69, 9.17) is 16.3 Å². The molecule has 1 aromatic rings. The SMILES string of the molecule is C[C@H](O)c1cc(Cl)ccc1OCC(=O)NCC1CC1. The van der Waals surface area contributed by atoms with Gasteiger partial charge >= 0.3 is 0 Å². The van der Waals surface area contributed by atoms with Crippen LogP contribution in [0.1, 0.15) is 31.4 Å². The Bertz CT molecular complexity index is 458. The maximum Gasteiger partial charge on any atom is 0.257 e. The van der Waals surface area contributed by atoms with E-state index in [1.165, 1.54) is 12.8 Å². The minimum absolute atomic E-state index is 0.0475. The minimum Gasteiger partial charge on any atom is -0.483 e. The van der Waals surface area contributed by atoms with Crippen molar-refractivity contribution in [3.8, 4) is 5.75 Å². The molecule has 1 atom stereocenters. The number of benzene rings is 1. The molecule has 1 aliphatic rings. The van der Waals surface area contributed by atoms with Crippen LogP contribution in [0.5, 0.6) is 5.75 Å². The molecule has 5 heteroatoms. The van der Waals surface area contributed by atoms with Crippen molar-refractivity contribution < 1.29 is 14.6 Å². The van der Waals surface area contributed by atoms with Crippen molar-refractivity contribution in [2.24, 2.45) is 5.92 Å². The topological polar surface area (TPSA) is 58.6 Å². The Kier molecular flexibility index (Phi) is 4.66. The second-order valence-corrected chi connectivity index (χ2v) is 5.33. The Labute approximate surface area is 117 Å². The van der Waals surface area contributed by atoms with E-state index < -0.39 is 6.10 Å². The van der Waals surface area contributed by atoms with Gasteiger partial charge in [0.25, 0.3) is 5.91 Å². The van der Waals surface area contributed by atoms with Gasteiger partial charge in [-0.15, -0.1) is 0 Å². The first-order chi connectivity index (χ1) is 9.06. The predicted molar refractivity (Wildman–Crippen MR) is 73.3 cm³/mol. The zero-order valence-corrected chi connectivity index (χ0v) is 11.6. The van der Waals surface area contributed by atoms with Gasteiger partial charge in [0.05, 0.1) is 6.10 Å². The fraction of sp³-hybridized carbons (Fsp3) is 0.500. The summed E-state index contributed by atoms with van der Waals surface area (Å²) in [5.74, 6) is 0.992. The molecule has 0 saturated heterocycles. The highest BCUT2D eigenvalue weighted by Gasteiger charge is 2.21. The van der Waals surface area contributed by atoms with Crippen LogP contribution in [-0.4, -0.2) is 24.2 Å². The smallest absolute Gasteiger partial charge is 0.257 e.